The number of ether oxygens (including phenoxy) is 2. The summed E-state index contributed by atoms with van der Waals surface area (Å²) in [5, 5.41) is 8.08. The van der Waals surface area contributed by atoms with Crippen LogP contribution in [0.5, 0.6) is 5.75 Å². The van der Waals surface area contributed by atoms with E-state index in [0.29, 0.717) is 41.6 Å². The van der Waals surface area contributed by atoms with Crippen molar-refractivity contribution < 1.29 is 19.1 Å². The molecular weight excluding hydrogens is 444 g/mol. The molecule has 33 heavy (non-hydrogen) atoms. The van der Waals surface area contributed by atoms with Crippen LogP contribution in [0.1, 0.15) is 35.6 Å². The molecule has 0 bridgehead atoms. The summed E-state index contributed by atoms with van der Waals surface area (Å²) in [5.74, 6) is 0.0965. The third-order valence-electron chi connectivity index (χ3n) is 5.31. The molecule has 0 radical (unpaired) electrons. The Morgan fingerprint density at radius 2 is 1.85 bits per heavy atom. The average Bonchev–Trinajstić information content (AvgIpc) is 3.20. The summed E-state index contributed by atoms with van der Waals surface area (Å²) < 4.78 is 12.6. The molecule has 2 amide bonds. The number of hydrogen-bond donors (Lipinski definition) is 1. The quantitative estimate of drug-likeness (QED) is 0.530. The monoisotopic (exact) mass is 468 g/mol. The van der Waals surface area contributed by atoms with Gasteiger partial charge in [-0.05, 0) is 50.2 Å². The van der Waals surface area contributed by atoms with E-state index in [-0.39, 0.29) is 24.9 Å². The highest BCUT2D eigenvalue weighted by atomic mass is 35.5. The molecule has 1 aromatic heterocycles. The maximum atomic E-state index is 13.1. The summed E-state index contributed by atoms with van der Waals surface area (Å²) in [6.07, 6.45) is 0.533. The van der Waals surface area contributed by atoms with E-state index in [4.69, 9.17) is 21.1 Å². The zero-order chi connectivity index (χ0) is 23.4. The number of urea groups is 1. The number of fused-ring (bicyclic) bond motifs is 1. The molecule has 0 saturated carbocycles. The van der Waals surface area contributed by atoms with Gasteiger partial charge in [0.15, 0.2) is 5.69 Å². The van der Waals surface area contributed by atoms with Crippen LogP contribution in [0.4, 0.5) is 10.5 Å². The predicted octanol–water partition coefficient (Wildman–Crippen LogP) is 4.69. The van der Waals surface area contributed by atoms with Gasteiger partial charge in [0.05, 0.1) is 36.8 Å². The molecule has 0 saturated heterocycles. The van der Waals surface area contributed by atoms with Crippen molar-refractivity contribution in [3.05, 3.63) is 70.5 Å². The normalized spacial score (nSPS) is 12.8. The van der Waals surface area contributed by atoms with Crippen LogP contribution in [0.2, 0.25) is 5.02 Å². The lowest BCUT2D eigenvalue weighted by Gasteiger charge is -2.28. The van der Waals surface area contributed by atoms with Gasteiger partial charge in [-0.2, -0.15) is 5.10 Å². The van der Waals surface area contributed by atoms with Crippen molar-refractivity contribution in [2.45, 2.75) is 26.8 Å². The smallest absolute Gasteiger partial charge is 0.359 e. The van der Waals surface area contributed by atoms with E-state index in [1.54, 1.807) is 34.7 Å². The lowest BCUT2D eigenvalue weighted by molar-refractivity contribution is 0.0516. The highest BCUT2D eigenvalue weighted by molar-refractivity contribution is 6.30. The van der Waals surface area contributed by atoms with Gasteiger partial charge in [-0.15, -0.1) is 0 Å². The number of amides is 2. The number of benzene rings is 2. The van der Waals surface area contributed by atoms with Gasteiger partial charge in [0, 0.05) is 23.6 Å². The Morgan fingerprint density at radius 1 is 1.09 bits per heavy atom. The van der Waals surface area contributed by atoms with Crippen LogP contribution in [0.3, 0.4) is 0 Å². The van der Waals surface area contributed by atoms with Gasteiger partial charge in [-0.3, -0.25) is 0 Å². The first kappa shape index (κ1) is 22.7. The van der Waals surface area contributed by atoms with E-state index in [1.165, 1.54) is 0 Å². The molecule has 4 rings (SSSR count). The standard InChI is InChI=1S/C24H25ClN4O4/c1-3-32-21-8-6-5-7-19(21)26-24(31)28-14-13-20-18(15-28)22(23(30)33-4-2)27-29(20)17-11-9-16(25)10-12-17/h5-12H,3-4,13-15H2,1-2H3,(H,26,31). The minimum absolute atomic E-state index is 0.217. The van der Waals surface area contributed by atoms with Crippen molar-refractivity contribution >= 4 is 29.3 Å². The van der Waals surface area contributed by atoms with Crippen LogP contribution in [-0.4, -0.2) is 46.4 Å². The van der Waals surface area contributed by atoms with E-state index in [9.17, 15) is 9.59 Å². The fraction of sp³-hybridized carbons (Fsp3) is 0.292. The van der Waals surface area contributed by atoms with Crippen molar-refractivity contribution in [3.63, 3.8) is 0 Å². The summed E-state index contributed by atoms with van der Waals surface area (Å²) in [6, 6.07) is 14.2. The third kappa shape index (κ3) is 4.80. The van der Waals surface area contributed by atoms with Crippen LogP contribution in [-0.2, 0) is 17.7 Å². The van der Waals surface area contributed by atoms with E-state index in [2.05, 4.69) is 10.4 Å². The number of hydrogen-bond acceptors (Lipinski definition) is 5. The van der Waals surface area contributed by atoms with E-state index in [0.717, 1.165) is 11.4 Å². The molecule has 0 aliphatic carbocycles. The number of anilines is 1. The molecular formula is C24H25ClN4O4. The summed E-state index contributed by atoms with van der Waals surface area (Å²) in [4.78, 5) is 27.4. The van der Waals surface area contributed by atoms with Gasteiger partial charge in [-0.1, -0.05) is 23.7 Å². The highest BCUT2D eigenvalue weighted by Gasteiger charge is 2.31. The van der Waals surface area contributed by atoms with E-state index >= 15 is 0 Å². The van der Waals surface area contributed by atoms with Crippen molar-refractivity contribution in [1.29, 1.82) is 0 Å². The second kappa shape index (κ2) is 9.95. The van der Waals surface area contributed by atoms with E-state index in [1.807, 2.05) is 37.3 Å². The average molecular weight is 469 g/mol. The predicted molar refractivity (Wildman–Crippen MR) is 125 cm³/mol. The number of nitrogens with one attached hydrogen (secondary N) is 1. The second-order valence-electron chi connectivity index (χ2n) is 7.41. The number of aromatic nitrogens is 2. The lowest BCUT2D eigenvalue weighted by atomic mass is 10.0. The van der Waals surface area contributed by atoms with Gasteiger partial charge in [-0.25, -0.2) is 14.3 Å². The van der Waals surface area contributed by atoms with Crippen LogP contribution < -0.4 is 10.1 Å². The van der Waals surface area contributed by atoms with E-state index < -0.39 is 5.97 Å². The molecule has 0 unspecified atom stereocenters. The fourth-order valence-corrected chi connectivity index (χ4v) is 3.92. The first-order chi connectivity index (χ1) is 16.0. The lowest BCUT2D eigenvalue weighted by Crippen LogP contribution is -2.39. The Hall–Kier alpha value is -3.52. The third-order valence-corrected chi connectivity index (χ3v) is 5.57. The van der Waals surface area contributed by atoms with Gasteiger partial charge < -0.3 is 19.7 Å². The Bertz CT molecular complexity index is 1160. The maximum absolute atomic E-state index is 13.1. The Balaban J connectivity index is 1.62. The molecule has 1 aliphatic heterocycles. The highest BCUT2D eigenvalue weighted by Crippen LogP contribution is 2.28. The summed E-state index contributed by atoms with van der Waals surface area (Å²) >= 11 is 6.03. The minimum Gasteiger partial charge on any atom is -0.492 e. The topological polar surface area (TPSA) is 85.7 Å². The summed E-state index contributed by atoms with van der Waals surface area (Å²) in [7, 11) is 0. The summed E-state index contributed by atoms with van der Waals surface area (Å²) in [5.41, 5.74) is 3.16. The number of nitrogens with zero attached hydrogens (tertiary/aromatic N) is 3. The molecule has 2 heterocycles. The number of carbonyl (C=O) groups excluding carboxylic acids is 2. The van der Waals surface area contributed by atoms with Crippen molar-refractivity contribution in [1.82, 2.24) is 14.7 Å². The first-order valence-corrected chi connectivity index (χ1v) is 11.2. The van der Waals surface area contributed by atoms with Crippen LogP contribution in [0, 0.1) is 0 Å². The van der Waals surface area contributed by atoms with Gasteiger partial charge in [0.25, 0.3) is 0 Å². The fourth-order valence-electron chi connectivity index (χ4n) is 3.80. The van der Waals surface area contributed by atoms with Crippen LogP contribution in [0.15, 0.2) is 48.5 Å². The molecule has 1 N–H and O–H groups in total. The SMILES string of the molecule is CCOC(=O)c1nn(-c2ccc(Cl)cc2)c2c1CN(C(=O)Nc1ccccc1OCC)CC2. The molecule has 9 heteroatoms. The minimum atomic E-state index is -0.509. The summed E-state index contributed by atoms with van der Waals surface area (Å²) in [6.45, 7) is 5.07. The Kier molecular flexibility index (Phi) is 6.84. The van der Waals surface area contributed by atoms with Gasteiger partial charge >= 0.3 is 12.0 Å². The van der Waals surface area contributed by atoms with Crippen LogP contribution in [0.25, 0.3) is 5.69 Å². The zero-order valence-corrected chi connectivity index (χ0v) is 19.3. The van der Waals surface area contributed by atoms with Crippen molar-refractivity contribution in [2.24, 2.45) is 0 Å². The molecule has 0 fully saturated rings. The largest absolute Gasteiger partial charge is 0.492 e. The molecule has 3 aromatic rings. The number of esters is 1. The van der Waals surface area contributed by atoms with Gasteiger partial charge in [0.1, 0.15) is 5.75 Å². The molecule has 8 nitrogen and oxygen atoms in total. The first-order valence-electron chi connectivity index (χ1n) is 10.8. The maximum Gasteiger partial charge on any atom is 0.359 e. The second-order valence-corrected chi connectivity index (χ2v) is 7.85. The van der Waals surface area contributed by atoms with Crippen molar-refractivity contribution in [3.8, 4) is 11.4 Å². The van der Waals surface area contributed by atoms with Gasteiger partial charge in [0.2, 0.25) is 0 Å². The number of carbonyl (C=O) groups is 2. The molecule has 2 aromatic carbocycles. The molecule has 0 atom stereocenters. The Morgan fingerprint density at radius 3 is 2.58 bits per heavy atom. The molecule has 172 valence electrons. The number of halogens is 1. The zero-order valence-electron chi connectivity index (χ0n) is 18.5. The number of para-hydroxylation sites is 2. The molecule has 0 spiro atoms. The Labute approximate surface area is 197 Å². The molecule has 1 aliphatic rings. The number of rotatable bonds is 6. The van der Waals surface area contributed by atoms with Crippen molar-refractivity contribution in [2.75, 3.05) is 25.1 Å². The van der Waals surface area contributed by atoms with Crippen LogP contribution >= 0.6 is 11.6 Å².